The predicted molar refractivity (Wildman–Crippen MR) is 64.6 cm³/mol. The molecular weight excluding hydrogens is 263 g/mol. The van der Waals surface area contributed by atoms with Crippen LogP contribution in [0, 0.1) is 5.82 Å². The number of aliphatic hydroxyl groups is 1. The average Bonchev–Trinajstić information content (AvgIpc) is 2.80. The van der Waals surface area contributed by atoms with Crippen molar-refractivity contribution in [1.82, 2.24) is 4.72 Å². The lowest BCUT2D eigenvalue weighted by atomic mass is 10.0. The molecule has 0 aliphatic carbocycles. The van der Waals surface area contributed by atoms with Crippen molar-refractivity contribution in [2.75, 3.05) is 5.75 Å². The molecule has 1 aromatic carbocycles. The van der Waals surface area contributed by atoms with E-state index in [0.29, 0.717) is 18.4 Å². The van der Waals surface area contributed by atoms with E-state index in [1.54, 1.807) is 6.08 Å². The Morgan fingerprint density at radius 2 is 2.17 bits per heavy atom. The number of halogens is 3. The Morgan fingerprint density at radius 3 is 2.72 bits per heavy atom. The molecule has 0 bridgehead atoms. The predicted octanol–water partition coefficient (Wildman–Crippen LogP) is 3.11. The first kappa shape index (κ1) is 13.3. The Balaban J connectivity index is 2.35. The number of aliphatic hydroxyl groups excluding tert-OH is 1. The van der Waals surface area contributed by atoms with Crippen LogP contribution in [-0.4, -0.2) is 10.9 Å². The molecule has 98 valence electrons. The molecule has 1 heterocycles. The topological polar surface area (TPSA) is 32.3 Å². The molecule has 2 nitrogen and oxygen atoms in total. The third-order valence-corrected chi connectivity index (χ3v) is 3.36. The van der Waals surface area contributed by atoms with E-state index in [1.165, 1.54) is 18.0 Å². The molecule has 0 spiro atoms. The fourth-order valence-electron chi connectivity index (χ4n) is 1.69. The highest BCUT2D eigenvalue weighted by molar-refractivity contribution is 7.97. The molecule has 0 fully saturated rings. The van der Waals surface area contributed by atoms with Gasteiger partial charge in [0, 0.05) is 12.7 Å². The smallest absolute Gasteiger partial charge is 0.273 e. The molecule has 1 aliphatic rings. The van der Waals surface area contributed by atoms with Gasteiger partial charge in [0.05, 0.1) is 11.3 Å². The molecule has 1 atom stereocenters. The molecule has 6 heteroatoms. The van der Waals surface area contributed by atoms with Crippen LogP contribution in [0.1, 0.15) is 24.2 Å². The minimum Gasteiger partial charge on any atom is -0.382 e. The highest BCUT2D eigenvalue weighted by Crippen LogP contribution is 2.33. The summed E-state index contributed by atoms with van der Waals surface area (Å²) in [5.74, 6) is -3.54. The molecule has 1 aliphatic heterocycles. The number of nitrogens with one attached hydrogen (secondary N) is 1. The normalized spacial score (nSPS) is 17.3. The third kappa shape index (κ3) is 2.64. The van der Waals surface area contributed by atoms with E-state index in [0.717, 1.165) is 12.1 Å². The van der Waals surface area contributed by atoms with Gasteiger partial charge >= 0.3 is 0 Å². The SMILES string of the molecule is CC(F)(F)c1cc(C(O)C2=CCSN2)ccc1F. The van der Waals surface area contributed by atoms with Crippen LogP contribution in [0.2, 0.25) is 0 Å². The van der Waals surface area contributed by atoms with Gasteiger partial charge in [0.25, 0.3) is 5.92 Å². The van der Waals surface area contributed by atoms with Crippen molar-refractivity contribution in [3.05, 3.63) is 46.9 Å². The lowest BCUT2D eigenvalue weighted by Crippen LogP contribution is -2.14. The number of hydrogen-bond donors (Lipinski definition) is 2. The van der Waals surface area contributed by atoms with Crippen molar-refractivity contribution in [2.45, 2.75) is 19.0 Å². The summed E-state index contributed by atoms with van der Waals surface area (Å²) in [5, 5.41) is 9.99. The molecule has 0 aromatic heterocycles. The second-order valence-electron chi connectivity index (χ2n) is 4.10. The van der Waals surface area contributed by atoms with E-state index in [-0.39, 0.29) is 5.56 Å². The lowest BCUT2D eigenvalue weighted by molar-refractivity contribution is 0.0135. The summed E-state index contributed by atoms with van der Waals surface area (Å²) in [5.41, 5.74) is 0.0800. The van der Waals surface area contributed by atoms with Crippen LogP contribution in [0.4, 0.5) is 13.2 Å². The molecule has 18 heavy (non-hydrogen) atoms. The van der Waals surface area contributed by atoms with Crippen molar-refractivity contribution < 1.29 is 18.3 Å². The summed E-state index contributed by atoms with van der Waals surface area (Å²) in [6.07, 6.45) is 0.726. The summed E-state index contributed by atoms with van der Waals surface area (Å²) in [6, 6.07) is 3.26. The van der Waals surface area contributed by atoms with E-state index >= 15 is 0 Å². The van der Waals surface area contributed by atoms with Gasteiger partial charge in [-0.25, -0.2) is 13.2 Å². The molecule has 0 saturated heterocycles. The zero-order valence-electron chi connectivity index (χ0n) is 9.58. The molecule has 1 aromatic rings. The van der Waals surface area contributed by atoms with E-state index in [9.17, 15) is 18.3 Å². The molecule has 0 saturated carbocycles. The van der Waals surface area contributed by atoms with Gasteiger partial charge < -0.3 is 9.83 Å². The molecular formula is C12H12F3NOS. The maximum atomic E-state index is 13.3. The Morgan fingerprint density at radius 1 is 1.44 bits per heavy atom. The zero-order valence-corrected chi connectivity index (χ0v) is 10.4. The summed E-state index contributed by atoms with van der Waals surface area (Å²) < 4.78 is 42.5. The fraction of sp³-hybridized carbons (Fsp3) is 0.333. The second kappa shape index (κ2) is 4.85. The number of alkyl halides is 2. The van der Waals surface area contributed by atoms with Crippen LogP contribution >= 0.6 is 11.9 Å². The monoisotopic (exact) mass is 275 g/mol. The van der Waals surface area contributed by atoms with Gasteiger partial charge in [-0.3, -0.25) is 0 Å². The summed E-state index contributed by atoms with van der Waals surface area (Å²) in [6.45, 7) is 0.629. The van der Waals surface area contributed by atoms with Crippen LogP contribution in [0.3, 0.4) is 0 Å². The van der Waals surface area contributed by atoms with Gasteiger partial charge in [0.15, 0.2) is 0 Å². The standard InChI is InChI=1S/C12H12F3NOS/c1-12(14,15)8-6-7(2-3-9(8)13)11(17)10-4-5-18-16-10/h2-4,6,11,16-17H,5H2,1H3. The van der Waals surface area contributed by atoms with Gasteiger partial charge in [0.1, 0.15) is 11.9 Å². The quantitative estimate of drug-likeness (QED) is 0.831. The fourth-order valence-corrected chi connectivity index (χ4v) is 2.40. The maximum Gasteiger partial charge on any atom is 0.273 e. The molecule has 0 radical (unpaired) electrons. The van der Waals surface area contributed by atoms with E-state index < -0.39 is 23.4 Å². The van der Waals surface area contributed by atoms with Crippen LogP contribution in [-0.2, 0) is 5.92 Å². The summed E-state index contributed by atoms with van der Waals surface area (Å²) in [4.78, 5) is 0. The number of rotatable bonds is 3. The highest BCUT2D eigenvalue weighted by Gasteiger charge is 2.29. The van der Waals surface area contributed by atoms with Crippen molar-refractivity contribution in [3.63, 3.8) is 0 Å². The number of hydrogen-bond acceptors (Lipinski definition) is 3. The van der Waals surface area contributed by atoms with Crippen molar-refractivity contribution in [2.24, 2.45) is 0 Å². The third-order valence-electron chi connectivity index (χ3n) is 2.65. The van der Waals surface area contributed by atoms with E-state index in [1.807, 2.05) is 0 Å². The minimum atomic E-state index is -3.27. The summed E-state index contributed by atoms with van der Waals surface area (Å²) in [7, 11) is 0. The first-order valence-corrected chi connectivity index (χ1v) is 6.32. The van der Waals surface area contributed by atoms with Crippen molar-refractivity contribution in [3.8, 4) is 0 Å². The van der Waals surface area contributed by atoms with Gasteiger partial charge in [-0.2, -0.15) is 0 Å². The van der Waals surface area contributed by atoms with Crippen LogP contribution in [0.5, 0.6) is 0 Å². The maximum absolute atomic E-state index is 13.3. The van der Waals surface area contributed by atoms with E-state index in [4.69, 9.17) is 0 Å². The molecule has 2 N–H and O–H groups in total. The van der Waals surface area contributed by atoms with Crippen LogP contribution < -0.4 is 4.72 Å². The van der Waals surface area contributed by atoms with Gasteiger partial charge in [-0.15, -0.1) is 0 Å². The molecule has 1 unspecified atom stereocenters. The first-order valence-electron chi connectivity index (χ1n) is 5.33. The molecule has 0 amide bonds. The Labute approximate surface area is 107 Å². The lowest BCUT2D eigenvalue weighted by Gasteiger charge is -2.17. The Kier molecular flexibility index (Phi) is 3.59. The van der Waals surface area contributed by atoms with Crippen LogP contribution in [0.15, 0.2) is 30.0 Å². The van der Waals surface area contributed by atoms with Gasteiger partial charge in [-0.05, 0) is 35.7 Å². The largest absolute Gasteiger partial charge is 0.382 e. The Hall–Kier alpha value is -1.14. The summed E-state index contributed by atoms with van der Waals surface area (Å²) >= 11 is 1.39. The second-order valence-corrected chi connectivity index (χ2v) is 4.93. The van der Waals surface area contributed by atoms with Gasteiger partial charge in [0.2, 0.25) is 0 Å². The highest BCUT2D eigenvalue weighted by atomic mass is 32.2. The zero-order chi connectivity index (χ0) is 13.3. The van der Waals surface area contributed by atoms with Crippen molar-refractivity contribution in [1.29, 1.82) is 0 Å². The van der Waals surface area contributed by atoms with E-state index in [2.05, 4.69) is 4.72 Å². The molecule has 2 rings (SSSR count). The first-order chi connectivity index (χ1) is 8.39. The minimum absolute atomic E-state index is 0.245. The average molecular weight is 275 g/mol. The van der Waals surface area contributed by atoms with Crippen molar-refractivity contribution >= 4 is 11.9 Å². The Bertz CT molecular complexity index is 485. The van der Waals surface area contributed by atoms with Crippen LogP contribution in [0.25, 0.3) is 0 Å². The number of benzene rings is 1. The van der Waals surface area contributed by atoms with Gasteiger partial charge in [-0.1, -0.05) is 6.07 Å².